The highest BCUT2D eigenvalue weighted by Crippen LogP contribution is 2.25. The third-order valence-corrected chi connectivity index (χ3v) is 4.05. The molecule has 2 aromatic carbocycles. The van der Waals surface area contributed by atoms with Crippen molar-refractivity contribution in [2.24, 2.45) is 0 Å². The molecule has 1 amide bonds. The zero-order valence-electron chi connectivity index (χ0n) is 14.2. The fraction of sp³-hybridized carbons (Fsp3) is 0.190. The summed E-state index contributed by atoms with van der Waals surface area (Å²) in [6, 6.07) is 19.7. The van der Waals surface area contributed by atoms with Gasteiger partial charge in [0.25, 0.3) is 0 Å². The van der Waals surface area contributed by atoms with E-state index in [1.54, 1.807) is 18.6 Å². The molecule has 1 aromatic heterocycles. The molecular weight excluding hydrogens is 310 g/mol. The fourth-order valence-electron chi connectivity index (χ4n) is 2.91. The quantitative estimate of drug-likeness (QED) is 0.753. The monoisotopic (exact) mass is 331 g/mol. The summed E-state index contributed by atoms with van der Waals surface area (Å²) in [4.78, 5) is 21.3. The number of nitrogens with zero attached hydrogens (tertiary/aromatic N) is 2. The average Bonchev–Trinajstić information content (AvgIpc) is 2.64. The van der Waals surface area contributed by atoms with Gasteiger partial charge in [0.05, 0.1) is 11.6 Å². The Kier molecular flexibility index (Phi) is 5.52. The molecule has 0 saturated heterocycles. The van der Waals surface area contributed by atoms with Crippen LogP contribution in [0.1, 0.15) is 29.7 Å². The second-order valence-electron chi connectivity index (χ2n) is 6.06. The van der Waals surface area contributed by atoms with Gasteiger partial charge in [-0.3, -0.25) is 14.8 Å². The van der Waals surface area contributed by atoms with Crippen molar-refractivity contribution in [3.63, 3.8) is 0 Å². The number of rotatable bonds is 6. The normalized spacial score (nSPS) is 11.9. The number of hydrogen-bond acceptors (Lipinski definition) is 3. The first-order valence-corrected chi connectivity index (χ1v) is 8.39. The molecule has 0 saturated carbocycles. The van der Waals surface area contributed by atoms with E-state index in [4.69, 9.17) is 0 Å². The fourth-order valence-corrected chi connectivity index (χ4v) is 2.91. The van der Waals surface area contributed by atoms with Crippen molar-refractivity contribution in [1.82, 2.24) is 15.3 Å². The summed E-state index contributed by atoms with van der Waals surface area (Å²) in [5.74, 6) is -0.333. The Balaban J connectivity index is 1.78. The van der Waals surface area contributed by atoms with E-state index < -0.39 is 0 Å². The van der Waals surface area contributed by atoms with Crippen LogP contribution in [0.2, 0.25) is 0 Å². The van der Waals surface area contributed by atoms with Crippen LogP contribution in [0.4, 0.5) is 0 Å². The van der Waals surface area contributed by atoms with Gasteiger partial charge in [0.2, 0.25) is 5.91 Å². The van der Waals surface area contributed by atoms with Gasteiger partial charge in [-0.05, 0) is 18.1 Å². The molecule has 3 rings (SSSR count). The third kappa shape index (κ3) is 4.51. The van der Waals surface area contributed by atoms with E-state index in [0.717, 1.165) is 16.8 Å². The van der Waals surface area contributed by atoms with Crippen LogP contribution < -0.4 is 5.32 Å². The minimum atomic E-state index is -0.327. The summed E-state index contributed by atoms with van der Waals surface area (Å²) in [5.41, 5.74) is 2.84. The molecule has 1 N–H and O–H groups in total. The number of hydrogen-bond donors (Lipinski definition) is 1. The molecule has 0 unspecified atom stereocenters. The molecule has 0 bridgehead atoms. The lowest BCUT2D eigenvalue weighted by Crippen LogP contribution is -2.38. The highest BCUT2D eigenvalue weighted by atomic mass is 16.1. The number of carbonyl (C=O) groups is 1. The summed E-state index contributed by atoms with van der Waals surface area (Å²) >= 11 is 0. The summed E-state index contributed by atoms with van der Waals surface area (Å²) in [5, 5.41) is 3.12. The van der Waals surface area contributed by atoms with Crippen LogP contribution in [-0.4, -0.2) is 21.9 Å². The molecule has 4 nitrogen and oxygen atoms in total. The second-order valence-corrected chi connectivity index (χ2v) is 6.06. The number of amides is 1. The van der Waals surface area contributed by atoms with Crippen molar-refractivity contribution in [2.75, 3.05) is 0 Å². The number of benzene rings is 2. The summed E-state index contributed by atoms with van der Waals surface area (Å²) in [6.07, 6.45) is 5.69. The predicted octanol–water partition coefficient (Wildman–Crippen LogP) is 3.36. The Morgan fingerprint density at radius 3 is 2.08 bits per heavy atom. The SMILES string of the molecule is C[C@H](Cc1cnccn1)NC(=O)C(c1ccccc1)c1ccccc1. The van der Waals surface area contributed by atoms with E-state index in [9.17, 15) is 4.79 Å². The molecule has 4 heteroatoms. The molecule has 0 fully saturated rings. The van der Waals surface area contributed by atoms with E-state index in [0.29, 0.717) is 6.42 Å². The topological polar surface area (TPSA) is 54.9 Å². The van der Waals surface area contributed by atoms with Crippen molar-refractivity contribution in [3.8, 4) is 0 Å². The first-order chi connectivity index (χ1) is 12.2. The molecule has 1 atom stereocenters. The Labute approximate surface area is 148 Å². The standard InChI is InChI=1S/C21H21N3O/c1-16(14-19-15-22-12-13-23-19)24-21(25)20(17-8-4-2-5-9-17)18-10-6-3-7-11-18/h2-13,15-16,20H,14H2,1H3,(H,24,25)/t16-/m1/s1. The molecule has 126 valence electrons. The van der Waals surface area contributed by atoms with Gasteiger partial charge in [0.15, 0.2) is 0 Å². The van der Waals surface area contributed by atoms with Gasteiger partial charge in [0.1, 0.15) is 0 Å². The van der Waals surface area contributed by atoms with Crippen LogP contribution >= 0.6 is 0 Å². The maximum Gasteiger partial charge on any atom is 0.232 e. The molecular formula is C21H21N3O. The van der Waals surface area contributed by atoms with Crippen molar-refractivity contribution >= 4 is 5.91 Å². The lowest BCUT2D eigenvalue weighted by Gasteiger charge is -2.21. The second kappa shape index (κ2) is 8.20. The van der Waals surface area contributed by atoms with Gasteiger partial charge in [-0.1, -0.05) is 60.7 Å². The Morgan fingerprint density at radius 2 is 1.56 bits per heavy atom. The maximum absolute atomic E-state index is 13.0. The van der Waals surface area contributed by atoms with Crippen LogP contribution in [-0.2, 0) is 11.2 Å². The first-order valence-electron chi connectivity index (χ1n) is 8.39. The Morgan fingerprint density at radius 1 is 0.960 bits per heavy atom. The highest BCUT2D eigenvalue weighted by Gasteiger charge is 2.23. The number of aromatic nitrogens is 2. The van der Waals surface area contributed by atoms with E-state index >= 15 is 0 Å². The Hall–Kier alpha value is -3.01. The van der Waals surface area contributed by atoms with Crippen molar-refractivity contribution in [2.45, 2.75) is 25.3 Å². The molecule has 0 aliphatic rings. The van der Waals surface area contributed by atoms with Gasteiger partial charge in [0, 0.05) is 31.1 Å². The predicted molar refractivity (Wildman–Crippen MR) is 98.1 cm³/mol. The van der Waals surface area contributed by atoms with E-state index in [-0.39, 0.29) is 17.9 Å². The Bertz CT molecular complexity index is 752. The summed E-state index contributed by atoms with van der Waals surface area (Å²) in [7, 11) is 0. The summed E-state index contributed by atoms with van der Waals surface area (Å²) in [6.45, 7) is 1.99. The molecule has 3 aromatic rings. The maximum atomic E-state index is 13.0. The van der Waals surface area contributed by atoms with Gasteiger partial charge >= 0.3 is 0 Å². The van der Waals surface area contributed by atoms with Gasteiger partial charge in [-0.2, -0.15) is 0 Å². The van der Waals surface area contributed by atoms with Crippen LogP contribution in [0.15, 0.2) is 79.3 Å². The largest absolute Gasteiger partial charge is 0.352 e. The van der Waals surface area contributed by atoms with E-state index in [1.807, 2.05) is 67.6 Å². The van der Waals surface area contributed by atoms with Gasteiger partial charge in [-0.25, -0.2) is 0 Å². The lowest BCUT2D eigenvalue weighted by molar-refractivity contribution is -0.122. The van der Waals surface area contributed by atoms with Gasteiger partial charge < -0.3 is 5.32 Å². The zero-order chi connectivity index (χ0) is 17.5. The lowest BCUT2D eigenvalue weighted by atomic mass is 9.90. The molecule has 0 radical (unpaired) electrons. The number of nitrogens with one attached hydrogen (secondary N) is 1. The van der Waals surface area contributed by atoms with Crippen molar-refractivity contribution in [1.29, 1.82) is 0 Å². The molecule has 0 spiro atoms. The molecule has 0 aliphatic carbocycles. The van der Waals surface area contributed by atoms with Crippen LogP contribution in [0.5, 0.6) is 0 Å². The number of carbonyl (C=O) groups excluding carboxylic acids is 1. The van der Waals surface area contributed by atoms with Crippen LogP contribution in [0.25, 0.3) is 0 Å². The molecule has 1 heterocycles. The average molecular weight is 331 g/mol. The smallest absolute Gasteiger partial charge is 0.232 e. The summed E-state index contributed by atoms with van der Waals surface area (Å²) < 4.78 is 0. The van der Waals surface area contributed by atoms with E-state index in [2.05, 4.69) is 15.3 Å². The van der Waals surface area contributed by atoms with Crippen molar-refractivity contribution in [3.05, 3.63) is 96.1 Å². The minimum Gasteiger partial charge on any atom is -0.352 e. The third-order valence-electron chi connectivity index (χ3n) is 4.05. The van der Waals surface area contributed by atoms with Gasteiger partial charge in [-0.15, -0.1) is 0 Å². The first kappa shape index (κ1) is 16.8. The van der Waals surface area contributed by atoms with Crippen LogP contribution in [0.3, 0.4) is 0 Å². The molecule has 25 heavy (non-hydrogen) atoms. The van der Waals surface area contributed by atoms with E-state index in [1.165, 1.54) is 0 Å². The zero-order valence-corrected chi connectivity index (χ0v) is 14.2. The minimum absolute atomic E-state index is 0.00575. The highest BCUT2D eigenvalue weighted by molar-refractivity contribution is 5.87. The van der Waals surface area contributed by atoms with Crippen molar-refractivity contribution < 1.29 is 4.79 Å². The molecule has 0 aliphatic heterocycles. The van der Waals surface area contributed by atoms with Crippen LogP contribution in [0, 0.1) is 0 Å².